The minimum absolute atomic E-state index is 0.314. The van der Waals surface area contributed by atoms with E-state index < -0.39 is 0 Å². The van der Waals surface area contributed by atoms with Gasteiger partial charge in [-0.25, -0.2) is 0 Å². The fraction of sp³-hybridized carbons (Fsp3) is 0.182. The smallest absolute Gasteiger partial charge is 0.163 e. The highest BCUT2D eigenvalue weighted by Crippen LogP contribution is 2.35. The van der Waals surface area contributed by atoms with Gasteiger partial charge in [-0.05, 0) is 42.8 Å². The summed E-state index contributed by atoms with van der Waals surface area (Å²) in [6.07, 6.45) is 0. The zero-order chi connectivity index (χ0) is 20.8. The van der Waals surface area contributed by atoms with Crippen LogP contribution in [-0.2, 0) is 13.2 Å². The Morgan fingerprint density at radius 2 is 1.52 bits per heavy atom. The average Bonchev–Trinajstić information content (AvgIpc) is 2.69. The monoisotopic (exact) mass is 469 g/mol. The molecule has 0 saturated carbocycles. The van der Waals surface area contributed by atoms with Gasteiger partial charge in [-0.3, -0.25) is 0 Å². The van der Waals surface area contributed by atoms with Gasteiger partial charge in [0.25, 0.3) is 0 Å². The Hall–Kier alpha value is -1.78. The van der Waals surface area contributed by atoms with Crippen molar-refractivity contribution in [2.24, 2.45) is 0 Å². The van der Waals surface area contributed by atoms with Crippen LogP contribution < -0.4 is 14.8 Å². The summed E-state index contributed by atoms with van der Waals surface area (Å²) in [6.45, 7) is 3.19. The molecule has 0 amide bonds. The number of benzene rings is 3. The first-order valence-corrected chi connectivity index (χ1v) is 10.5. The van der Waals surface area contributed by atoms with Crippen molar-refractivity contribution in [1.82, 2.24) is 0 Å². The van der Waals surface area contributed by atoms with Crippen LogP contribution >= 0.6 is 46.4 Å². The Bertz CT molecular complexity index is 995. The average molecular weight is 471 g/mol. The molecule has 0 saturated heterocycles. The van der Waals surface area contributed by atoms with Gasteiger partial charge in [0.05, 0.1) is 17.3 Å². The van der Waals surface area contributed by atoms with Gasteiger partial charge in [0.2, 0.25) is 0 Å². The van der Waals surface area contributed by atoms with Crippen LogP contribution in [0.2, 0.25) is 20.1 Å². The fourth-order valence-electron chi connectivity index (χ4n) is 2.69. The second-order valence-electron chi connectivity index (χ2n) is 6.18. The van der Waals surface area contributed by atoms with Gasteiger partial charge in [-0.2, -0.15) is 0 Å². The lowest BCUT2D eigenvalue weighted by molar-refractivity contribution is 0.269. The van der Waals surface area contributed by atoms with E-state index in [1.54, 1.807) is 18.2 Å². The Balaban J connectivity index is 1.77. The van der Waals surface area contributed by atoms with Crippen molar-refractivity contribution in [2.45, 2.75) is 20.1 Å². The number of nitrogens with one attached hydrogen (secondary N) is 1. The molecule has 0 atom stereocenters. The molecule has 0 bridgehead atoms. The van der Waals surface area contributed by atoms with E-state index in [0.29, 0.717) is 51.3 Å². The molecule has 0 aliphatic carbocycles. The van der Waals surface area contributed by atoms with Gasteiger partial charge >= 0.3 is 0 Å². The van der Waals surface area contributed by atoms with Crippen LogP contribution in [0, 0.1) is 0 Å². The van der Waals surface area contributed by atoms with Gasteiger partial charge in [-0.15, -0.1) is 0 Å². The summed E-state index contributed by atoms with van der Waals surface area (Å²) in [5.41, 5.74) is 2.51. The van der Waals surface area contributed by atoms with Crippen molar-refractivity contribution in [3.8, 4) is 11.5 Å². The molecule has 0 aromatic heterocycles. The van der Waals surface area contributed by atoms with Crippen LogP contribution in [-0.4, -0.2) is 6.61 Å². The molecule has 3 rings (SSSR count). The SMILES string of the molecule is CCOc1cc(CNc2ccc(Cl)cc2Cl)c(Cl)cc1OCc1ccccc1Cl. The van der Waals surface area contributed by atoms with Crippen molar-refractivity contribution in [2.75, 3.05) is 11.9 Å². The zero-order valence-electron chi connectivity index (χ0n) is 15.6. The van der Waals surface area contributed by atoms with E-state index in [2.05, 4.69) is 5.32 Å². The third-order valence-corrected chi connectivity index (χ3v) is 5.42. The Morgan fingerprint density at radius 3 is 2.24 bits per heavy atom. The molecule has 0 aliphatic heterocycles. The normalized spacial score (nSPS) is 10.7. The van der Waals surface area contributed by atoms with E-state index in [1.165, 1.54) is 0 Å². The molecule has 3 aromatic rings. The number of rotatable bonds is 8. The van der Waals surface area contributed by atoms with E-state index in [1.807, 2.05) is 43.3 Å². The maximum absolute atomic E-state index is 6.49. The van der Waals surface area contributed by atoms with Crippen molar-refractivity contribution in [3.05, 3.63) is 85.8 Å². The highest BCUT2D eigenvalue weighted by Gasteiger charge is 2.13. The highest BCUT2D eigenvalue weighted by molar-refractivity contribution is 6.36. The van der Waals surface area contributed by atoms with E-state index in [0.717, 1.165) is 16.8 Å². The van der Waals surface area contributed by atoms with Crippen LogP contribution in [0.1, 0.15) is 18.1 Å². The summed E-state index contributed by atoms with van der Waals surface area (Å²) in [5, 5.41) is 5.59. The molecule has 152 valence electrons. The lowest BCUT2D eigenvalue weighted by Crippen LogP contribution is -2.04. The summed E-state index contributed by atoms with van der Waals surface area (Å²) < 4.78 is 11.7. The summed E-state index contributed by atoms with van der Waals surface area (Å²) >= 11 is 24.9. The maximum Gasteiger partial charge on any atom is 0.163 e. The number of hydrogen-bond acceptors (Lipinski definition) is 3. The van der Waals surface area contributed by atoms with Crippen LogP contribution in [0.3, 0.4) is 0 Å². The molecular formula is C22H19Cl4NO2. The van der Waals surface area contributed by atoms with Gasteiger partial charge in [0, 0.05) is 33.2 Å². The molecule has 0 unspecified atom stereocenters. The van der Waals surface area contributed by atoms with E-state index in [4.69, 9.17) is 55.9 Å². The fourth-order valence-corrected chi connectivity index (χ4v) is 3.57. The minimum Gasteiger partial charge on any atom is -0.490 e. The number of halogens is 4. The predicted octanol–water partition coefficient (Wildman–Crippen LogP) is 7.89. The van der Waals surface area contributed by atoms with Crippen LogP contribution in [0.25, 0.3) is 0 Å². The quantitative estimate of drug-likeness (QED) is 0.363. The zero-order valence-corrected chi connectivity index (χ0v) is 18.7. The first-order chi connectivity index (χ1) is 14.0. The second-order valence-corrected chi connectivity index (χ2v) is 7.84. The first kappa shape index (κ1) is 21.9. The molecule has 0 spiro atoms. The van der Waals surface area contributed by atoms with Gasteiger partial charge in [0.1, 0.15) is 6.61 Å². The topological polar surface area (TPSA) is 30.5 Å². The molecule has 7 heteroatoms. The molecule has 0 heterocycles. The van der Waals surface area contributed by atoms with Gasteiger partial charge in [0.15, 0.2) is 11.5 Å². The predicted molar refractivity (Wildman–Crippen MR) is 122 cm³/mol. The minimum atomic E-state index is 0.314. The number of ether oxygens (including phenoxy) is 2. The van der Waals surface area contributed by atoms with Gasteiger partial charge in [-0.1, -0.05) is 64.6 Å². The second kappa shape index (κ2) is 10.3. The first-order valence-electron chi connectivity index (χ1n) is 8.98. The molecular weight excluding hydrogens is 452 g/mol. The maximum atomic E-state index is 6.49. The summed E-state index contributed by atoms with van der Waals surface area (Å²) in [6, 6.07) is 16.4. The molecule has 29 heavy (non-hydrogen) atoms. The summed E-state index contributed by atoms with van der Waals surface area (Å²) in [4.78, 5) is 0. The number of hydrogen-bond donors (Lipinski definition) is 1. The van der Waals surface area contributed by atoms with Crippen molar-refractivity contribution >= 4 is 52.1 Å². The van der Waals surface area contributed by atoms with Crippen molar-refractivity contribution < 1.29 is 9.47 Å². The van der Waals surface area contributed by atoms with E-state index in [-0.39, 0.29) is 0 Å². The van der Waals surface area contributed by atoms with E-state index in [9.17, 15) is 0 Å². The molecule has 3 aromatic carbocycles. The Labute approximate surface area is 190 Å². The van der Waals surface area contributed by atoms with Crippen molar-refractivity contribution in [3.63, 3.8) is 0 Å². The van der Waals surface area contributed by atoms with Crippen LogP contribution in [0.15, 0.2) is 54.6 Å². The molecule has 3 nitrogen and oxygen atoms in total. The molecule has 0 radical (unpaired) electrons. The summed E-state index contributed by atoms with van der Waals surface area (Å²) in [7, 11) is 0. The third kappa shape index (κ3) is 5.86. The standard InChI is InChI=1S/C22H19Cl4NO2/c1-2-28-21-9-15(12-27-20-8-7-16(23)10-19(20)26)18(25)11-22(21)29-13-14-5-3-4-6-17(14)24/h3-11,27H,2,12-13H2,1H3. The Kier molecular flexibility index (Phi) is 7.79. The van der Waals surface area contributed by atoms with Crippen molar-refractivity contribution in [1.29, 1.82) is 0 Å². The molecule has 0 aliphatic rings. The third-order valence-electron chi connectivity index (χ3n) is 4.15. The lowest BCUT2D eigenvalue weighted by Gasteiger charge is -2.16. The molecule has 0 fully saturated rings. The van der Waals surface area contributed by atoms with Crippen LogP contribution in [0.4, 0.5) is 5.69 Å². The largest absolute Gasteiger partial charge is 0.490 e. The van der Waals surface area contributed by atoms with Gasteiger partial charge < -0.3 is 14.8 Å². The highest BCUT2D eigenvalue weighted by atomic mass is 35.5. The van der Waals surface area contributed by atoms with Crippen LogP contribution in [0.5, 0.6) is 11.5 Å². The summed E-state index contributed by atoms with van der Waals surface area (Å²) in [5.74, 6) is 1.17. The molecule has 1 N–H and O–H groups in total. The van der Waals surface area contributed by atoms with E-state index >= 15 is 0 Å². The Morgan fingerprint density at radius 1 is 0.759 bits per heavy atom. The number of anilines is 1. The lowest BCUT2D eigenvalue weighted by atomic mass is 10.2.